The molecule has 9 heteroatoms. The van der Waals surface area contributed by atoms with E-state index in [0.717, 1.165) is 11.3 Å². The molecule has 0 bridgehead atoms. The van der Waals surface area contributed by atoms with Gasteiger partial charge in [-0.15, -0.1) is 0 Å². The number of unbranched alkanes of at least 4 members (excludes halogenated alkanes) is 1. The molecule has 4 rings (SSSR count). The number of nitrogens with zero attached hydrogens (tertiary/aromatic N) is 3. The standard InChI is InChI=1S/C26H26Cl2N4O3/c1-18-24(26(34)30-31-12-15-35-16-13-31)29-25(22-11-8-20(27)17-23(22)28)32(18)21-9-6-19(7-10-21)5-3-2-4-14-33/h6-11,17,33H,2,4,12-16H2,1H3,(H,30,34). The number of aliphatic hydroxyl groups is 1. The van der Waals surface area contributed by atoms with Crippen LogP contribution >= 0.6 is 23.2 Å². The number of morpholine rings is 1. The van der Waals surface area contributed by atoms with Crippen LogP contribution in [0.2, 0.25) is 10.0 Å². The van der Waals surface area contributed by atoms with E-state index < -0.39 is 0 Å². The second-order valence-corrected chi connectivity index (χ2v) is 8.89. The molecule has 35 heavy (non-hydrogen) atoms. The normalized spacial score (nSPS) is 13.8. The van der Waals surface area contributed by atoms with Gasteiger partial charge in [0.25, 0.3) is 5.91 Å². The van der Waals surface area contributed by atoms with E-state index in [1.165, 1.54) is 0 Å². The highest BCUT2D eigenvalue weighted by atomic mass is 35.5. The third-order valence-corrected chi connectivity index (χ3v) is 6.13. The molecule has 0 spiro atoms. The van der Waals surface area contributed by atoms with E-state index in [4.69, 9.17) is 38.0 Å². The minimum absolute atomic E-state index is 0.130. The third-order valence-electron chi connectivity index (χ3n) is 5.58. The number of amides is 1. The molecule has 1 aromatic heterocycles. The maximum absolute atomic E-state index is 13.2. The number of nitrogens with one attached hydrogen (secondary N) is 1. The van der Waals surface area contributed by atoms with Gasteiger partial charge in [0.2, 0.25) is 0 Å². The van der Waals surface area contributed by atoms with Crippen LogP contribution < -0.4 is 5.43 Å². The van der Waals surface area contributed by atoms with Crippen molar-refractivity contribution in [3.8, 4) is 28.9 Å². The van der Waals surface area contributed by atoms with Gasteiger partial charge in [-0.25, -0.2) is 9.99 Å². The molecule has 2 N–H and O–H groups in total. The smallest absolute Gasteiger partial charge is 0.286 e. The molecule has 1 aliphatic rings. The Morgan fingerprint density at radius 2 is 1.91 bits per heavy atom. The fourth-order valence-electron chi connectivity index (χ4n) is 3.78. The Bertz CT molecular complexity index is 1260. The van der Waals surface area contributed by atoms with Crippen molar-refractivity contribution in [2.24, 2.45) is 0 Å². The van der Waals surface area contributed by atoms with Gasteiger partial charge in [-0.05, 0) is 55.8 Å². The zero-order valence-electron chi connectivity index (χ0n) is 19.4. The molecule has 1 fully saturated rings. The molecule has 2 heterocycles. The average molecular weight is 513 g/mol. The van der Waals surface area contributed by atoms with Gasteiger partial charge in [0.15, 0.2) is 5.69 Å². The molecular weight excluding hydrogens is 487 g/mol. The van der Waals surface area contributed by atoms with Crippen LogP contribution in [0.5, 0.6) is 0 Å². The van der Waals surface area contributed by atoms with Gasteiger partial charge in [0, 0.05) is 48.0 Å². The van der Waals surface area contributed by atoms with Crippen molar-refractivity contribution in [2.45, 2.75) is 19.8 Å². The second-order valence-electron chi connectivity index (χ2n) is 8.05. The first kappa shape index (κ1) is 25.2. The molecule has 0 radical (unpaired) electrons. The molecule has 0 unspecified atom stereocenters. The lowest BCUT2D eigenvalue weighted by Gasteiger charge is -2.26. The van der Waals surface area contributed by atoms with Crippen molar-refractivity contribution in [2.75, 3.05) is 32.9 Å². The summed E-state index contributed by atoms with van der Waals surface area (Å²) in [6.45, 7) is 4.34. The monoisotopic (exact) mass is 512 g/mol. The summed E-state index contributed by atoms with van der Waals surface area (Å²) in [5.41, 5.74) is 6.27. The van der Waals surface area contributed by atoms with Gasteiger partial charge < -0.3 is 9.84 Å². The number of carbonyl (C=O) groups is 1. The number of halogens is 2. The predicted octanol–water partition coefficient (Wildman–Crippen LogP) is 4.26. The minimum Gasteiger partial charge on any atom is -0.396 e. The van der Waals surface area contributed by atoms with Crippen LogP contribution in [0, 0.1) is 18.8 Å². The Balaban J connectivity index is 1.72. The molecule has 0 atom stereocenters. The highest BCUT2D eigenvalue weighted by molar-refractivity contribution is 6.36. The largest absolute Gasteiger partial charge is 0.396 e. The first-order valence-corrected chi connectivity index (χ1v) is 12.1. The highest BCUT2D eigenvalue weighted by Gasteiger charge is 2.24. The highest BCUT2D eigenvalue weighted by Crippen LogP contribution is 2.33. The van der Waals surface area contributed by atoms with E-state index in [1.807, 2.05) is 40.8 Å². The van der Waals surface area contributed by atoms with Crippen LogP contribution in [0.15, 0.2) is 42.5 Å². The SMILES string of the molecule is Cc1c(C(=O)NN2CCOCC2)nc(-c2ccc(Cl)cc2Cl)n1-c1ccc(C#CCCCO)cc1. The van der Waals surface area contributed by atoms with E-state index in [9.17, 15) is 4.79 Å². The number of ether oxygens (including phenoxy) is 1. The zero-order chi connectivity index (χ0) is 24.8. The molecule has 0 aliphatic carbocycles. The van der Waals surface area contributed by atoms with Gasteiger partial charge in [-0.2, -0.15) is 0 Å². The van der Waals surface area contributed by atoms with Gasteiger partial charge in [-0.1, -0.05) is 35.0 Å². The van der Waals surface area contributed by atoms with Crippen molar-refractivity contribution in [3.05, 3.63) is 69.5 Å². The number of rotatable bonds is 6. The second kappa shape index (κ2) is 11.7. The summed E-state index contributed by atoms with van der Waals surface area (Å²) >= 11 is 12.6. The molecule has 1 amide bonds. The zero-order valence-corrected chi connectivity index (χ0v) is 20.9. The van der Waals surface area contributed by atoms with E-state index >= 15 is 0 Å². The Kier molecular flexibility index (Phi) is 8.45. The fraction of sp³-hybridized carbons (Fsp3) is 0.308. The van der Waals surface area contributed by atoms with Crippen molar-refractivity contribution >= 4 is 29.1 Å². The minimum atomic E-state index is -0.291. The lowest BCUT2D eigenvalue weighted by atomic mass is 10.1. The molecule has 7 nitrogen and oxygen atoms in total. The summed E-state index contributed by atoms with van der Waals surface area (Å²) in [5, 5.41) is 11.7. The number of aliphatic hydroxyl groups excluding tert-OH is 1. The number of hydrogen-bond acceptors (Lipinski definition) is 5. The van der Waals surface area contributed by atoms with Gasteiger partial charge >= 0.3 is 0 Å². The summed E-state index contributed by atoms with van der Waals surface area (Å²) in [6, 6.07) is 12.9. The molecule has 3 aromatic rings. The van der Waals surface area contributed by atoms with Crippen molar-refractivity contribution in [1.29, 1.82) is 0 Å². The van der Waals surface area contributed by atoms with Crippen LogP contribution in [-0.2, 0) is 4.74 Å². The summed E-state index contributed by atoms with van der Waals surface area (Å²) in [6.07, 6.45) is 1.29. The molecule has 0 saturated carbocycles. The fourth-order valence-corrected chi connectivity index (χ4v) is 4.27. The first-order chi connectivity index (χ1) is 17.0. The topological polar surface area (TPSA) is 79.6 Å². The van der Waals surface area contributed by atoms with Gasteiger partial charge in [0.1, 0.15) is 5.82 Å². The Hall–Kier alpha value is -2.86. The van der Waals surface area contributed by atoms with Crippen LogP contribution in [0.25, 0.3) is 17.1 Å². The van der Waals surface area contributed by atoms with Crippen LogP contribution in [0.4, 0.5) is 0 Å². The van der Waals surface area contributed by atoms with E-state index in [2.05, 4.69) is 17.3 Å². The maximum atomic E-state index is 13.2. The molecule has 1 aliphatic heterocycles. The summed E-state index contributed by atoms with van der Waals surface area (Å²) in [5.74, 6) is 6.41. The molecule has 2 aromatic carbocycles. The lowest BCUT2D eigenvalue weighted by molar-refractivity contribution is 0.0124. The maximum Gasteiger partial charge on any atom is 0.286 e. The number of carbonyl (C=O) groups excluding carboxylic acids is 1. The van der Waals surface area contributed by atoms with Crippen molar-refractivity contribution in [3.63, 3.8) is 0 Å². The molecule has 182 valence electrons. The van der Waals surface area contributed by atoms with Gasteiger partial charge in [-0.3, -0.25) is 14.8 Å². The Morgan fingerprint density at radius 1 is 1.17 bits per heavy atom. The van der Waals surface area contributed by atoms with Crippen molar-refractivity contribution < 1.29 is 14.6 Å². The van der Waals surface area contributed by atoms with E-state index in [0.29, 0.717) is 72.0 Å². The number of hydrogen-bond donors (Lipinski definition) is 2. The number of aromatic nitrogens is 2. The van der Waals surface area contributed by atoms with Crippen LogP contribution in [-0.4, -0.2) is 58.5 Å². The Morgan fingerprint density at radius 3 is 2.60 bits per heavy atom. The summed E-state index contributed by atoms with van der Waals surface area (Å²) in [7, 11) is 0. The third kappa shape index (κ3) is 6.04. The number of benzene rings is 2. The predicted molar refractivity (Wildman–Crippen MR) is 137 cm³/mol. The Labute approximate surface area is 214 Å². The van der Waals surface area contributed by atoms with Crippen LogP contribution in [0.1, 0.15) is 34.6 Å². The molecule has 1 saturated heterocycles. The van der Waals surface area contributed by atoms with E-state index in [1.54, 1.807) is 18.2 Å². The lowest BCUT2D eigenvalue weighted by Crippen LogP contribution is -2.48. The first-order valence-electron chi connectivity index (χ1n) is 11.4. The van der Waals surface area contributed by atoms with E-state index in [-0.39, 0.29) is 12.5 Å². The quantitative estimate of drug-likeness (QED) is 0.381. The summed E-state index contributed by atoms with van der Waals surface area (Å²) in [4.78, 5) is 17.9. The average Bonchev–Trinajstić information content (AvgIpc) is 3.19. The van der Waals surface area contributed by atoms with Crippen molar-refractivity contribution in [1.82, 2.24) is 20.0 Å². The summed E-state index contributed by atoms with van der Waals surface area (Å²) < 4.78 is 7.27. The molecular formula is C26H26Cl2N4O3. The number of imidazole rings is 1. The van der Waals surface area contributed by atoms with Crippen LogP contribution in [0.3, 0.4) is 0 Å². The van der Waals surface area contributed by atoms with Gasteiger partial charge in [0.05, 0.1) is 23.9 Å². The number of hydrazine groups is 1.